The molecule has 2 aromatic rings. The maximum Gasteiger partial charge on any atom is 0.193 e. The van der Waals surface area contributed by atoms with E-state index in [9.17, 15) is 0 Å². The maximum atomic E-state index is 5.40. The average molecular weight is 337 g/mol. The van der Waals surface area contributed by atoms with Crippen molar-refractivity contribution in [3.8, 4) is 0 Å². The SMILES string of the molecule is CC.Cc1ccc(SNc2nc(C3CCOCC3)cs2)cc1. The van der Waals surface area contributed by atoms with E-state index in [1.807, 2.05) is 13.8 Å². The van der Waals surface area contributed by atoms with E-state index in [-0.39, 0.29) is 0 Å². The van der Waals surface area contributed by atoms with E-state index in [2.05, 4.69) is 41.3 Å². The van der Waals surface area contributed by atoms with Crippen LogP contribution in [-0.4, -0.2) is 18.2 Å². The highest BCUT2D eigenvalue weighted by atomic mass is 32.2. The summed E-state index contributed by atoms with van der Waals surface area (Å²) in [6.45, 7) is 7.83. The van der Waals surface area contributed by atoms with Crippen molar-refractivity contribution in [2.24, 2.45) is 0 Å². The summed E-state index contributed by atoms with van der Waals surface area (Å²) in [5.41, 5.74) is 2.50. The van der Waals surface area contributed by atoms with Crippen LogP contribution in [0, 0.1) is 6.92 Å². The fourth-order valence-electron chi connectivity index (χ4n) is 2.22. The molecular weight excluding hydrogens is 312 g/mol. The van der Waals surface area contributed by atoms with Crippen molar-refractivity contribution in [1.82, 2.24) is 4.98 Å². The summed E-state index contributed by atoms with van der Waals surface area (Å²) in [7, 11) is 0. The van der Waals surface area contributed by atoms with Gasteiger partial charge in [0.1, 0.15) is 0 Å². The van der Waals surface area contributed by atoms with Gasteiger partial charge in [-0.05, 0) is 43.8 Å². The molecular formula is C17H24N2OS2. The van der Waals surface area contributed by atoms with Crippen molar-refractivity contribution in [2.75, 3.05) is 17.9 Å². The quantitative estimate of drug-likeness (QED) is 0.749. The molecule has 0 bridgehead atoms. The standard InChI is InChI=1S/C15H18N2OS2.C2H6/c1-11-2-4-13(5-3-11)20-17-15-16-14(10-19-15)12-6-8-18-9-7-12;1-2/h2-5,10,12H,6-9H2,1H3,(H,16,17);1-2H3. The normalized spacial score (nSPS) is 15.0. The van der Waals surface area contributed by atoms with Gasteiger partial charge in [-0.25, -0.2) is 4.98 Å². The van der Waals surface area contributed by atoms with Gasteiger partial charge in [-0.1, -0.05) is 31.5 Å². The summed E-state index contributed by atoms with van der Waals surface area (Å²) in [5, 5.41) is 3.16. The van der Waals surface area contributed by atoms with E-state index < -0.39 is 0 Å². The second-order valence-electron chi connectivity index (χ2n) is 4.98. The van der Waals surface area contributed by atoms with E-state index in [1.54, 1.807) is 23.3 Å². The first-order chi connectivity index (χ1) is 10.8. The van der Waals surface area contributed by atoms with Crippen LogP contribution in [0.15, 0.2) is 34.5 Å². The first kappa shape index (κ1) is 17.3. The third-order valence-corrected chi connectivity index (χ3v) is 5.15. The number of ether oxygens (including phenoxy) is 1. The van der Waals surface area contributed by atoms with Gasteiger partial charge < -0.3 is 9.46 Å². The molecule has 0 radical (unpaired) electrons. The predicted molar refractivity (Wildman–Crippen MR) is 96.9 cm³/mol. The van der Waals surface area contributed by atoms with Crippen LogP contribution >= 0.6 is 23.3 Å². The van der Waals surface area contributed by atoms with Crippen molar-refractivity contribution >= 4 is 28.4 Å². The summed E-state index contributed by atoms with van der Waals surface area (Å²) < 4.78 is 8.73. The monoisotopic (exact) mass is 336 g/mol. The summed E-state index contributed by atoms with van der Waals surface area (Å²) in [5.74, 6) is 0.569. The van der Waals surface area contributed by atoms with E-state index in [1.165, 1.54) is 16.2 Å². The Hall–Kier alpha value is -1.04. The molecule has 1 aromatic heterocycles. The van der Waals surface area contributed by atoms with Gasteiger partial charge in [0.2, 0.25) is 0 Å². The molecule has 5 heteroatoms. The summed E-state index contributed by atoms with van der Waals surface area (Å²) in [6.07, 6.45) is 2.18. The number of anilines is 1. The average Bonchev–Trinajstić information content (AvgIpc) is 3.06. The van der Waals surface area contributed by atoms with Crippen molar-refractivity contribution in [3.63, 3.8) is 0 Å². The van der Waals surface area contributed by atoms with E-state index >= 15 is 0 Å². The second kappa shape index (κ2) is 9.18. The molecule has 1 fully saturated rings. The topological polar surface area (TPSA) is 34.2 Å². The van der Waals surface area contributed by atoms with Crippen LogP contribution in [0.4, 0.5) is 5.13 Å². The number of aromatic nitrogens is 1. The first-order valence-corrected chi connectivity index (χ1v) is 9.53. The van der Waals surface area contributed by atoms with Crippen LogP contribution in [0.3, 0.4) is 0 Å². The Bertz CT molecular complexity index is 548. The molecule has 1 aliphatic heterocycles. The molecule has 3 nitrogen and oxygen atoms in total. The highest BCUT2D eigenvalue weighted by molar-refractivity contribution is 8.00. The van der Waals surface area contributed by atoms with Crippen LogP contribution in [0.25, 0.3) is 0 Å². The Morgan fingerprint density at radius 3 is 2.55 bits per heavy atom. The van der Waals surface area contributed by atoms with Crippen molar-refractivity contribution in [1.29, 1.82) is 0 Å². The lowest BCUT2D eigenvalue weighted by Gasteiger charge is -2.19. The molecule has 22 heavy (non-hydrogen) atoms. The molecule has 1 saturated heterocycles. The highest BCUT2D eigenvalue weighted by Crippen LogP contribution is 2.31. The van der Waals surface area contributed by atoms with Crippen molar-refractivity contribution < 1.29 is 4.74 Å². The van der Waals surface area contributed by atoms with Crippen molar-refractivity contribution in [3.05, 3.63) is 40.9 Å². The number of nitrogens with zero attached hydrogens (tertiary/aromatic N) is 1. The Labute approximate surface area is 141 Å². The number of hydrogen-bond acceptors (Lipinski definition) is 5. The summed E-state index contributed by atoms with van der Waals surface area (Å²) in [6, 6.07) is 8.50. The van der Waals surface area contributed by atoms with Gasteiger partial charge in [-0.15, -0.1) is 11.3 Å². The van der Waals surface area contributed by atoms with E-state index in [4.69, 9.17) is 9.72 Å². The molecule has 0 saturated carbocycles. The molecule has 120 valence electrons. The van der Waals surface area contributed by atoms with Gasteiger partial charge in [0, 0.05) is 29.4 Å². The molecule has 1 aliphatic rings. The predicted octanol–water partition coefficient (Wildman–Crippen LogP) is 5.49. The number of rotatable bonds is 4. The number of benzene rings is 1. The largest absolute Gasteiger partial charge is 0.381 e. The molecule has 0 atom stereocenters. The molecule has 1 aromatic carbocycles. The van der Waals surface area contributed by atoms with Gasteiger partial charge in [0.15, 0.2) is 5.13 Å². The summed E-state index contributed by atoms with van der Waals surface area (Å²) >= 11 is 3.30. The zero-order valence-corrected chi connectivity index (χ0v) is 15.1. The maximum absolute atomic E-state index is 5.40. The third-order valence-electron chi connectivity index (χ3n) is 3.44. The van der Waals surface area contributed by atoms with E-state index in [0.717, 1.165) is 31.2 Å². The zero-order chi connectivity index (χ0) is 15.8. The van der Waals surface area contributed by atoms with Crippen LogP contribution in [0.5, 0.6) is 0 Å². The molecule has 0 unspecified atom stereocenters. The fraction of sp³-hybridized carbons (Fsp3) is 0.471. The molecule has 1 N–H and O–H groups in total. The molecule has 0 aliphatic carbocycles. The lowest BCUT2D eigenvalue weighted by Crippen LogP contribution is -2.14. The third kappa shape index (κ3) is 5.00. The Morgan fingerprint density at radius 2 is 1.86 bits per heavy atom. The Balaban J connectivity index is 0.000000847. The number of thiazole rings is 1. The zero-order valence-electron chi connectivity index (χ0n) is 13.5. The minimum atomic E-state index is 0.569. The highest BCUT2D eigenvalue weighted by Gasteiger charge is 2.18. The molecule has 2 heterocycles. The van der Waals surface area contributed by atoms with Gasteiger partial charge in [-0.3, -0.25) is 0 Å². The number of hydrogen-bond donors (Lipinski definition) is 1. The van der Waals surface area contributed by atoms with Crippen molar-refractivity contribution in [2.45, 2.75) is 44.4 Å². The lowest BCUT2D eigenvalue weighted by atomic mass is 9.98. The van der Waals surface area contributed by atoms with Gasteiger partial charge in [-0.2, -0.15) is 0 Å². The number of aryl methyl sites for hydroxylation is 1. The Morgan fingerprint density at radius 1 is 1.18 bits per heavy atom. The van der Waals surface area contributed by atoms with Crippen LogP contribution in [0.1, 0.15) is 43.9 Å². The molecule has 0 amide bonds. The Kier molecular flexibility index (Phi) is 7.22. The number of nitrogens with one attached hydrogen (secondary N) is 1. The molecule has 3 rings (SSSR count). The first-order valence-electron chi connectivity index (χ1n) is 7.84. The summed E-state index contributed by atoms with van der Waals surface area (Å²) in [4.78, 5) is 5.90. The van der Waals surface area contributed by atoms with Gasteiger partial charge >= 0.3 is 0 Å². The lowest BCUT2D eigenvalue weighted by molar-refractivity contribution is 0.0846. The van der Waals surface area contributed by atoms with Crippen LogP contribution < -0.4 is 4.72 Å². The van der Waals surface area contributed by atoms with Crippen LogP contribution in [-0.2, 0) is 4.74 Å². The molecule has 0 spiro atoms. The second-order valence-corrected chi connectivity index (χ2v) is 6.72. The smallest absolute Gasteiger partial charge is 0.193 e. The van der Waals surface area contributed by atoms with Crippen LogP contribution in [0.2, 0.25) is 0 Å². The minimum absolute atomic E-state index is 0.569. The minimum Gasteiger partial charge on any atom is -0.381 e. The van der Waals surface area contributed by atoms with Gasteiger partial charge in [0.05, 0.1) is 5.69 Å². The van der Waals surface area contributed by atoms with E-state index in [0.29, 0.717) is 5.92 Å². The van der Waals surface area contributed by atoms with Gasteiger partial charge in [0.25, 0.3) is 0 Å². The fourth-order valence-corrected chi connectivity index (χ4v) is 3.70.